The summed E-state index contributed by atoms with van der Waals surface area (Å²) in [6, 6.07) is 0. The van der Waals surface area contributed by atoms with Crippen molar-refractivity contribution in [3.05, 3.63) is 0 Å². The molecule has 0 N–H and O–H groups in total. The Morgan fingerprint density at radius 2 is 1.67 bits per heavy atom. The van der Waals surface area contributed by atoms with Gasteiger partial charge >= 0.3 is 0 Å². The number of hydrogen-bond acceptors (Lipinski definition) is 2. The van der Waals surface area contributed by atoms with Crippen molar-refractivity contribution in [3.8, 4) is 0 Å². The molecule has 0 spiro atoms. The average molecular weight is 335 g/mol. The molecule has 0 bridgehead atoms. The molecule has 4 aliphatic rings. The van der Waals surface area contributed by atoms with Gasteiger partial charge in [0.2, 0.25) is 0 Å². The highest BCUT2D eigenvalue weighted by molar-refractivity contribution is 5.07. The lowest BCUT2D eigenvalue weighted by Gasteiger charge is -2.36. The second-order valence-corrected chi connectivity index (χ2v) is 11.0. The second kappa shape index (κ2) is 5.71. The predicted octanol–water partition coefficient (Wildman–Crippen LogP) is 5.74. The summed E-state index contributed by atoms with van der Waals surface area (Å²) in [7, 11) is 0. The van der Waals surface area contributed by atoms with E-state index in [1.54, 1.807) is 0 Å². The zero-order valence-corrected chi connectivity index (χ0v) is 16.5. The minimum Gasteiger partial charge on any atom is -0.381 e. The highest BCUT2D eigenvalue weighted by Crippen LogP contribution is 2.65. The monoisotopic (exact) mass is 334 g/mol. The number of ether oxygens (including phenoxy) is 2. The fourth-order valence-corrected chi connectivity index (χ4v) is 5.71. The number of fused-ring (bicyclic) bond motifs is 2. The standard InChI is InChI=1S/C22H38O2/c1-19(8-10-21(3)14-17(21)13-19)7-5-6-12-23-16-20(2)9-11-22(4)18(15-20)24-22/h17-18H,5-16H2,1-4H3. The third kappa shape index (κ3) is 3.43. The van der Waals surface area contributed by atoms with E-state index >= 15 is 0 Å². The smallest absolute Gasteiger partial charge is 0.0920 e. The summed E-state index contributed by atoms with van der Waals surface area (Å²) < 4.78 is 11.9. The molecule has 3 aliphatic carbocycles. The van der Waals surface area contributed by atoms with E-state index in [1.807, 2.05) is 0 Å². The first-order chi connectivity index (χ1) is 11.2. The molecule has 138 valence electrons. The zero-order valence-electron chi connectivity index (χ0n) is 16.5. The van der Waals surface area contributed by atoms with Gasteiger partial charge in [0.1, 0.15) is 0 Å². The molecule has 1 heterocycles. The Kier molecular flexibility index (Phi) is 4.12. The molecule has 0 aromatic heterocycles. The van der Waals surface area contributed by atoms with Crippen molar-refractivity contribution < 1.29 is 9.47 Å². The number of epoxide rings is 1. The Morgan fingerprint density at radius 1 is 0.875 bits per heavy atom. The summed E-state index contributed by atoms with van der Waals surface area (Å²) in [5, 5.41) is 0. The Bertz CT molecular complexity index is 446. The molecule has 6 unspecified atom stereocenters. The molecular formula is C22H38O2. The van der Waals surface area contributed by atoms with Crippen LogP contribution in [0, 0.1) is 22.2 Å². The van der Waals surface area contributed by atoms with Crippen LogP contribution in [-0.2, 0) is 9.47 Å². The maximum atomic E-state index is 6.09. The normalized spacial score (nSPS) is 52.5. The van der Waals surface area contributed by atoms with E-state index in [4.69, 9.17) is 9.47 Å². The van der Waals surface area contributed by atoms with Crippen LogP contribution in [0.1, 0.15) is 91.9 Å². The quantitative estimate of drug-likeness (QED) is 0.437. The number of rotatable bonds is 7. The summed E-state index contributed by atoms with van der Waals surface area (Å²) in [6.45, 7) is 11.6. The van der Waals surface area contributed by atoms with Gasteiger partial charge in [0, 0.05) is 6.61 Å². The van der Waals surface area contributed by atoms with Gasteiger partial charge in [-0.1, -0.05) is 27.2 Å². The minimum atomic E-state index is 0.229. The molecule has 2 heteroatoms. The van der Waals surface area contributed by atoms with Gasteiger partial charge < -0.3 is 9.47 Å². The van der Waals surface area contributed by atoms with E-state index in [2.05, 4.69) is 27.7 Å². The molecule has 0 amide bonds. The van der Waals surface area contributed by atoms with E-state index in [0.29, 0.717) is 16.9 Å². The summed E-state index contributed by atoms with van der Waals surface area (Å²) >= 11 is 0. The van der Waals surface area contributed by atoms with Crippen LogP contribution in [0.25, 0.3) is 0 Å². The van der Waals surface area contributed by atoms with Crippen LogP contribution in [0.15, 0.2) is 0 Å². The molecular weight excluding hydrogens is 296 g/mol. The van der Waals surface area contributed by atoms with Crippen LogP contribution >= 0.6 is 0 Å². The fourth-order valence-electron chi connectivity index (χ4n) is 5.71. The first kappa shape index (κ1) is 17.3. The largest absolute Gasteiger partial charge is 0.381 e. The summed E-state index contributed by atoms with van der Waals surface area (Å²) in [5.74, 6) is 1.05. The van der Waals surface area contributed by atoms with Crippen LogP contribution < -0.4 is 0 Å². The highest BCUT2D eigenvalue weighted by Gasteiger charge is 2.58. The van der Waals surface area contributed by atoms with E-state index in [-0.39, 0.29) is 5.60 Å². The molecule has 3 saturated carbocycles. The molecule has 6 atom stereocenters. The zero-order chi connectivity index (χ0) is 17.1. The number of unbranched alkanes of at least 4 members (excludes halogenated alkanes) is 1. The van der Waals surface area contributed by atoms with Crippen molar-refractivity contribution in [2.45, 2.75) is 104 Å². The predicted molar refractivity (Wildman–Crippen MR) is 98.1 cm³/mol. The third-order valence-corrected chi connectivity index (χ3v) is 8.29. The van der Waals surface area contributed by atoms with Crippen molar-refractivity contribution in [2.75, 3.05) is 13.2 Å². The molecule has 0 radical (unpaired) electrons. The van der Waals surface area contributed by atoms with Gasteiger partial charge in [-0.05, 0) is 86.9 Å². The van der Waals surface area contributed by atoms with Crippen molar-refractivity contribution in [1.82, 2.24) is 0 Å². The molecule has 0 aromatic carbocycles. The average Bonchev–Trinajstić information content (AvgIpc) is 3.37. The lowest BCUT2D eigenvalue weighted by atomic mass is 9.70. The summed E-state index contributed by atoms with van der Waals surface area (Å²) in [6.07, 6.45) is 14.1. The van der Waals surface area contributed by atoms with Crippen LogP contribution in [-0.4, -0.2) is 24.9 Å². The fraction of sp³-hybridized carbons (Fsp3) is 1.00. The van der Waals surface area contributed by atoms with Gasteiger partial charge in [0.25, 0.3) is 0 Å². The maximum absolute atomic E-state index is 6.09. The Labute approximate surface area is 149 Å². The van der Waals surface area contributed by atoms with Crippen LogP contribution in [0.3, 0.4) is 0 Å². The van der Waals surface area contributed by atoms with Crippen molar-refractivity contribution in [3.63, 3.8) is 0 Å². The van der Waals surface area contributed by atoms with Crippen LogP contribution in [0.2, 0.25) is 0 Å². The Morgan fingerprint density at radius 3 is 2.42 bits per heavy atom. The van der Waals surface area contributed by atoms with Gasteiger partial charge in [0.15, 0.2) is 0 Å². The molecule has 1 saturated heterocycles. The molecule has 24 heavy (non-hydrogen) atoms. The molecule has 1 aliphatic heterocycles. The summed E-state index contributed by atoms with van der Waals surface area (Å²) in [4.78, 5) is 0. The molecule has 4 fully saturated rings. The first-order valence-electron chi connectivity index (χ1n) is 10.5. The van der Waals surface area contributed by atoms with Crippen LogP contribution in [0.5, 0.6) is 0 Å². The first-order valence-corrected chi connectivity index (χ1v) is 10.5. The van der Waals surface area contributed by atoms with Gasteiger partial charge in [-0.25, -0.2) is 0 Å². The topological polar surface area (TPSA) is 21.8 Å². The van der Waals surface area contributed by atoms with Gasteiger partial charge in [-0.3, -0.25) is 0 Å². The lowest BCUT2D eigenvalue weighted by molar-refractivity contribution is 0.0293. The van der Waals surface area contributed by atoms with Gasteiger partial charge in [-0.2, -0.15) is 0 Å². The SMILES string of the molecule is CC1(CCCCOCC2(C)CCC3(C)OC3C2)CCC2(C)CC2C1. The van der Waals surface area contributed by atoms with Gasteiger partial charge in [0.05, 0.1) is 18.3 Å². The summed E-state index contributed by atoms with van der Waals surface area (Å²) in [5.41, 5.74) is 1.96. The molecule has 2 nitrogen and oxygen atoms in total. The van der Waals surface area contributed by atoms with Crippen molar-refractivity contribution >= 4 is 0 Å². The van der Waals surface area contributed by atoms with Gasteiger partial charge in [-0.15, -0.1) is 0 Å². The number of hydrogen-bond donors (Lipinski definition) is 0. The van der Waals surface area contributed by atoms with E-state index < -0.39 is 0 Å². The Hall–Kier alpha value is -0.0800. The van der Waals surface area contributed by atoms with Crippen molar-refractivity contribution in [1.29, 1.82) is 0 Å². The van der Waals surface area contributed by atoms with E-state index in [9.17, 15) is 0 Å². The van der Waals surface area contributed by atoms with E-state index in [1.165, 1.54) is 64.2 Å². The second-order valence-electron chi connectivity index (χ2n) is 11.0. The Balaban J connectivity index is 1.10. The van der Waals surface area contributed by atoms with Crippen molar-refractivity contribution in [2.24, 2.45) is 22.2 Å². The van der Waals surface area contributed by atoms with Crippen LogP contribution in [0.4, 0.5) is 0 Å². The highest BCUT2D eigenvalue weighted by atomic mass is 16.6. The molecule has 0 aromatic rings. The molecule has 4 rings (SSSR count). The lowest BCUT2D eigenvalue weighted by Crippen LogP contribution is -2.33. The third-order valence-electron chi connectivity index (χ3n) is 8.29. The maximum Gasteiger partial charge on any atom is 0.0920 e. The van der Waals surface area contributed by atoms with E-state index in [0.717, 1.165) is 24.5 Å². The minimum absolute atomic E-state index is 0.229.